The normalized spacial score (nSPS) is 12.3. The molecule has 0 saturated carbocycles. The number of rotatable bonds is 8. The Bertz CT molecular complexity index is 556. The molecule has 0 radical (unpaired) electrons. The fourth-order valence-electron chi connectivity index (χ4n) is 1.74. The Morgan fingerprint density at radius 1 is 1.48 bits per heavy atom. The molecule has 0 aliphatic heterocycles. The zero-order valence-corrected chi connectivity index (χ0v) is 17.2. The van der Waals surface area contributed by atoms with E-state index in [1.54, 1.807) is 33.3 Å². The van der Waals surface area contributed by atoms with Crippen LogP contribution >= 0.6 is 11.3 Å². The predicted octanol–water partition coefficient (Wildman–Crippen LogP) is 3.18. The summed E-state index contributed by atoms with van der Waals surface area (Å²) in [6.07, 6.45) is 3.98. The Morgan fingerprint density at radius 2 is 2.09 bits per heavy atom. The van der Waals surface area contributed by atoms with Gasteiger partial charge in [0.05, 0.1) is 10.7 Å². The fraction of sp³-hybridized carbons (Fsp3) is 0.562. The van der Waals surface area contributed by atoms with Crippen molar-refractivity contribution in [2.24, 2.45) is 5.92 Å². The Hall–Kier alpha value is -2.69. The maximum atomic E-state index is 12.4. The van der Waals surface area contributed by atoms with Gasteiger partial charge in [-0.2, -0.15) is 6.41 Å². The molecule has 0 unspecified atom stereocenters. The number of nitrogens with one attached hydrogen (secondary N) is 1. The first kappa shape index (κ1) is 20.3. The van der Waals surface area contributed by atoms with Gasteiger partial charge in [-0.05, 0) is 32.8 Å². The number of ether oxygens (including phenoxy) is 1. The second-order valence-electron chi connectivity index (χ2n) is 6.09. The molecule has 1 atom stereocenters. The van der Waals surface area contributed by atoms with Crippen molar-refractivity contribution in [3.8, 4) is 0 Å². The molecule has 23 heavy (non-hydrogen) atoms. The average Bonchev–Trinajstić information content (AvgIpc) is 2.81. The van der Waals surface area contributed by atoms with Crippen molar-refractivity contribution in [2.75, 3.05) is 0 Å². The molecule has 134 valence electrons. The Kier molecular flexibility index (Phi) is 7.13. The second-order valence-corrected chi connectivity index (χ2v) is 7.17. The monoisotopic (exact) mass is 580 g/mol. The van der Waals surface area contributed by atoms with Crippen molar-refractivity contribution in [2.45, 2.75) is 52.7 Å². The first-order valence-corrected chi connectivity index (χ1v) is 8.01. The largest absolute Gasteiger partial charge is 0.523 e. The van der Waals surface area contributed by atoms with Crippen molar-refractivity contribution < 1.29 is 14.3 Å². The van der Waals surface area contributed by atoms with Crippen LogP contribution in [0.25, 0.3) is 0 Å². The van der Waals surface area contributed by atoms with Crippen LogP contribution in [0.3, 0.4) is 0 Å². The van der Waals surface area contributed by atoms with E-state index in [9.17, 15) is 9.59 Å². The zero-order valence-electron chi connectivity index (χ0n) is 14.0. The van der Waals surface area contributed by atoms with Gasteiger partial charge in [0, 0.05) is 12.5 Å². The third kappa shape index (κ3) is 5.54. The van der Waals surface area contributed by atoms with Crippen LogP contribution < -0.4 is 5.32 Å². The molecule has 1 aromatic rings. The number of aromatic nitrogens is 1. The van der Waals surface area contributed by atoms with E-state index in [2.05, 4.69) is 30.7 Å². The minimum Gasteiger partial charge on any atom is -0.523 e. The van der Waals surface area contributed by atoms with Crippen LogP contribution in [0.2, 0.25) is 0 Å². The molecule has 0 saturated heterocycles. The average molecular weight is 580 g/mol. The number of nitrogens with zero attached hydrogens (tertiary/aromatic N) is 1. The van der Waals surface area contributed by atoms with Crippen LogP contribution in [0.15, 0.2) is 12.7 Å². The van der Waals surface area contributed by atoms with E-state index in [0.717, 1.165) is 11.4 Å². The Morgan fingerprint density at radius 3 is 2.57 bits per heavy atom. The van der Waals surface area contributed by atoms with Gasteiger partial charge in [0.15, 0.2) is 0 Å². The molecule has 0 fully saturated rings. The maximum absolute atomic E-state index is 12.4. The van der Waals surface area contributed by atoms with Crippen LogP contribution in [0.4, 0.5) is 0 Å². The summed E-state index contributed by atoms with van der Waals surface area (Å²) in [7, 11) is 0. The summed E-state index contributed by atoms with van der Waals surface area (Å²) in [6, 6.07) is -0.399. The molecular weight excluding hydrogens is 557 g/mol. The van der Waals surface area contributed by atoms with Crippen molar-refractivity contribution in [1.29, 1.82) is 0 Å². The quantitative estimate of drug-likeness (QED) is 0.222. The summed E-state index contributed by atoms with van der Waals surface area (Å²) < 4.78 is 5.45. The van der Waals surface area contributed by atoms with E-state index in [0.29, 0.717) is 16.5 Å². The smallest absolute Gasteiger partial charge is 0.351 e. The van der Waals surface area contributed by atoms with Crippen molar-refractivity contribution in [3.63, 3.8) is 0 Å². The van der Waals surface area contributed by atoms with E-state index in [-0.39, 0.29) is 0 Å². The summed E-state index contributed by atoms with van der Waals surface area (Å²) in [4.78, 5) is 27.9. The summed E-state index contributed by atoms with van der Waals surface area (Å²) in [6.45, 7) is 13.1. The third-order valence-corrected chi connectivity index (χ3v) is 4.07. The maximum Gasteiger partial charge on any atom is 0.351 e. The third-order valence-electron chi connectivity index (χ3n) is 3.00. The topological polar surface area (TPSA) is 68.3 Å². The van der Waals surface area contributed by atoms with Gasteiger partial charge in [-0.25, -0.2) is 9.78 Å². The van der Waals surface area contributed by atoms with Gasteiger partial charge in [-0.3, -0.25) is 0 Å². The molecule has 5 nitrogen and oxygen atoms in total. The number of hydrogen-bond acceptors (Lipinski definition) is 5. The molecule has 0 aliphatic carbocycles. The number of thiazole rings is 1. The van der Waals surface area contributed by atoms with Crippen molar-refractivity contribution in [1.82, 2.24) is 10.3 Å². The number of carbonyl (C=O) groups excluding carboxylic acids is 2. The van der Waals surface area contributed by atoms with Gasteiger partial charge in [-0.1, -0.05) is 20.4 Å². The molecule has 0 aromatic carbocycles. The van der Waals surface area contributed by atoms with Gasteiger partial charge in [0.25, 0.3) is 0 Å². The number of amides is 1. The minimum atomic E-state index is -0.760. The van der Waals surface area contributed by atoms with Crippen LogP contribution in [-0.2, 0) is 16.0 Å². The fourth-order valence-corrected chi connectivity index (χ4v) is 2.99. The molecule has 7 heteroatoms. The summed E-state index contributed by atoms with van der Waals surface area (Å²) >= 11 is 1.31. The molecule has 0 spiro atoms. The standard InChI is InChI=1S/C16H23N2O3S.Fm/c1-7-16(5,6)21-15(20)14-13(11(4)17-9-19)18-12(22-14)8-10(2)3;/h7,10-11H,1,8H2,2-6H3,(H,17,19);/q-1;/t11-;/m0./s1. The molecule has 0 aliphatic rings. The summed E-state index contributed by atoms with van der Waals surface area (Å²) in [5, 5.41) is 3.37. The van der Waals surface area contributed by atoms with Gasteiger partial charge < -0.3 is 14.8 Å². The molecule has 1 aromatic heterocycles. The number of esters is 1. The first-order chi connectivity index (χ1) is 10.2. The summed E-state index contributed by atoms with van der Waals surface area (Å²) in [5.41, 5.74) is -0.238. The van der Waals surface area contributed by atoms with E-state index < -0.39 is 17.6 Å². The number of hydrogen-bond donors (Lipinski definition) is 1. The van der Waals surface area contributed by atoms with Crippen LogP contribution in [-0.4, -0.2) is 23.0 Å². The minimum absolute atomic E-state index is 0. The Labute approximate surface area is 135 Å². The van der Waals surface area contributed by atoms with E-state index in [4.69, 9.17) is 4.74 Å². The van der Waals surface area contributed by atoms with Gasteiger partial charge in [0.1, 0.15) is 10.5 Å². The van der Waals surface area contributed by atoms with Crippen LogP contribution in [0.1, 0.15) is 61.0 Å². The van der Waals surface area contributed by atoms with E-state index >= 15 is 0 Å². The van der Waals surface area contributed by atoms with Crippen LogP contribution in [0, 0.1) is 5.92 Å². The van der Waals surface area contributed by atoms with E-state index in [1.807, 2.05) is 0 Å². The molecule has 1 heterocycles. The van der Waals surface area contributed by atoms with Gasteiger partial charge in [-0.15, -0.1) is 11.3 Å². The van der Waals surface area contributed by atoms with E-state index in [1.165, 1.54) is 11.3 Å². The molecule has 1 N–H and O–H groups in total. The molecule has 1 rings (SSSR count). The summed E-state index contributed by atoms with van der Waals surface area (Å²) in [5.74, 6) is -0.0275. The first-order valence-electron chi connectivity index (χ1n) is 7.19. The van der Waals surface area contributed by atoms with Gasteiger partial charge >= 0.3 is 5.97 Å². The molecule has 0 bridgehead atoms. The van der Waals surface area contributed by atoms with Crippen molar-refractivity contribution in [3.05, 3.63) is 28.2 Å². The molecule has 1 amide bonds. The number of carbonyl (C=O) groups is 1. The SMILES string of the molecule is C=CC(C)(C)OC(=O)c1sc(CC(C)C)nc1[C@H](C)N[C-]=O.[Fm]. The van der Waals surface area contributed by atoms with Gasteiger partial charge in [0.2, 0.25) is 0 Å². The predicted molar refractivity (Wildman–Crippen MR) is 87.6 cm³/mol. The van der Waals surface area contributed by atoms with Crippen molar-refractivity contribution >= 4 is 23.7 Å². The van der Waals surface area contributed by atoms with Crippen LogP contribution in [0.5, 0.6) is 0 Å². The Balaban J connectivity index is 0.00000484. The zero-order chi connectivity index (χ0) is 16.9. The molecular formula is C16H23FmN2O3S-. The second kappa shape index (κ2) is 8.08.